The number of methoxy groups -OCH3 is 2. The lowest BCUT2D eigenvalue weighted by atomic mass is 10.1. The third-order valence-corrected chi connectivity index (χ3v) is 4.62. The second-order valence-electron chi connectivity index (χ2n) is 4.93. The molecular weight excluding hydrogens is 525 g/mol. The van der Waals surface area contributed by atoms with Crippen molar-refractivity contribution in [2.75, 3.05) is 14.2 Å². The van der Waals surface area contributed by atoms with Crippen LogP contribution in [0, 0.1) is 0 Å². The maximum Gasteiger partial charge on any atom is 0.337 e. The van der Waals surface area contributed by atoms with Crippen LogP contribution in [0.15, 0.2) is 36.4 Å². The van der Waals surface area contributed by atoms with Crippen LogP contribution in [0.5, 0.6) is 0 Å². The van der Waals surface area contributed by atoms with E-state index in [0.717, 1.165) is 11.1 Å². The monoisotopic (exact) mass is 541 g/mol. The van der Waals surface area contributed by atoms with Gasteiger partial charge in [-0.05, 0) is 35.4 Å². The summed E-state index contributed by atoms with van der Waals surface area (Å²) in [6.45, 7) is 0.361. The highest BCUT2D eigenvalue weighted by atomic mass is 79.9. The second kappa shape index (κ2) is 13.1. The van der Waals surface area contributed by atoms with E-state index in [1.165, 1.54) is 14.2 Å². The molecule has 0 aliphatic heterocycles. The molecule has 2 aromatic rings. The minimum Gasteiger partial charge on any atom is -0.465 e. The van der Waals surface area contributed by atoms with Crippen LogP contribution in [0.3, 0.4) is 0 Å². The Bertz CT molecular complexity index is 722. The molecule has 0 bridgehead atoms. The summed E-state index contributed by atoms with van der Waals surface area (Å²) in [6.07, 6.45) is 0. The molecular formula is C18H19Br2Cl2NO4. The molecule has 5 nitrogen and oxygen atoms in total. The number of alkyl halides is 1. The molecule has 0 unspecified atom stereocenters. The maximum absolute atomic E-state index is 11.1. The predicted octanol–water partition coefficient (Wildman–Crippen LogP) is 5.18. The molecule has 0 aliphatic rings. The van der Waals surface area contributed by atoms with Crippen molar-refractivity contribution in [3.05, 3.63) is 68.7 Å². The number of hydrogen-bond acceptors (Lipinski definition) is 5. The molecule has 0 spiro atoms. The Morgan fingerprint density at radius 3 is 1.63 bits per heavy atom. The van der Waals surface area contributed by atoms with Crippen molar-refractivity contribution in [2.24, 2.45) is 5.73 Å². The average Bonchev–Trinajstić information content (AvgIpc) is 2.67. The molecule has 2 N–H and O–H groups in total. The number of esters is 2. The first-order chi connectivity index (χ1) is 12.4. The van der Waals surface area contributed by atoms with Gasteiger partial charge in [-0.1, -0.05) is 51.3 Å². The molecule has 0 saturated carbocycles. The summed E-state index contributed by atoms with van der Waals surface area (Å²) in [6, 6.07) is 9.99. The molecule has 27 heavy (non-hydrogen) atoms. The zero-order valence-electron chi connectivity index (χ0n) is 14.6. The lowest BCUT2D eigenvalue weighted by Crippen LogP contribution is -2.03. The van der Waals surface area contributed by atoms with Gasteiger partial charge in [-0.3, -0.25) is 0 Å². The first kappa shape index (κ1) is 25.9. The summed E-state index contributed by atoms with van der Waals surface area (Å²) >= 11 is 15.0. The van der Waals surface area contributed by atoms with Crippen molar-refractivity contribution >= 4 is 68.1 Å². The number of hydrogen-bond donors (Lipinski definition) is 1. The lowest BCUT2D eigenvalue weighted by molar-refractivity contribution is 0.0592. The van der Waals surface area contributed by atoms with E-state index in [1.54, 1.807) is 36.4 Å². The van der Waals surface area contributed by atoms with Gasteiger partial charge in [0.15, 0.2) is 0 Å². The van der Waals surface area contributed by atoms with Gasteiger partial charge in [-0.2, -0.15) is 0 Å². The highest BCUT2D eigenvalue weighted by molar-refractivity contribution is 9.08. The molecule has 0 aromatic heterocycles. The van der Waals surface area contributed by atoms with Crippen LogP contribution in [0.25, 0.3) is 0 Å². The summed E-state index contributed by atoms with van der Waals surface area (Å²) in [4.78, 5) is 22.1. The Hall–Kier alpha value is -1.12. The number of benzene rings is 2. The van der Waals surface area contributed by atoms with E-state index < -0.39 is 5.97 Å². The van der Waals surface area contributed by atoms with Crippen LogP contribution < -0.4 is 5.73 Å². The molecule has 2 aromatic carbocycles. The zero-order chi connectivity index (χ0) is 19.7. The second-order valence-corrected chi connectivity index (χ2v) is 6.31. The van der Waals surface area contributed by atoms with Gasteiger partial charge in [0.2, 0.25) is 0 Å². The van der Waals surface area contributed by atoms with Crippen LogP contribution in [0.2, 0.25) is 10.0 Å². The van der Waals surface area contributed by atoms with E-state index in [2.05, 4.69) is 25.4 Å². The molecule has 0 fully saturated rings. The molecule has 148 valence electrons. The first-order valence-electron chi connectivity index (χ1n) is 7.37. The average molecular weight is 544 g/mol. The zero-order valence-corrected chi connectivity index (χ0v) is 19.4. The van der Waals surface area contributed by atoms with Crippen LogP contribution in [-0.2, 0) is 21.3 Å². The van der Waals surface area contributed by atoms with Crippen LogP contribution >= 0.6 is 56.1 Å². The van der Waals surface area contributed by atoms with Crippen molar-refractivity contribution < 1.29 is 19.1 Å². The minimum absolute atomic E-state index is 0. The molecule has 0 radical (unpaired) electrons. The Labute approximate surface area is 187 Å². The normalized spacial score (nSPS) is 9.41. The van der Waals surface area contributed by atoms with Crippen LogP contribution in [0.4, 0.5) is 0 Å². The maximum atomic E-state index is 11.1. The van der Waals surface area contributed by atoms with E-state index in [1.807, 2.05) is 0 Å². The van der Waals surface area contributed by atoms with Crippen molar-refractivity contribution in [1.82, 2.24) is 0 Å². The Kier molecular flexibility index (Phi) is 12.6. The van der Waals surface area contributed by atoms with E-state index in [9.17, 15) is 9.59 Å². The fourth-order valence-corrected chi connectivity index (χ4v) is 3.01. The largest absolute Gasteiger partial charge is 0.465 e. The molecule has 0 aliphatic carbocycles. The fourth-order valence-electron chi connectivity index (χ4n) is 1.86. The van der Waals surface area contributed by atoms with Gasteiger partial charge in [0, 0.05) is 21.9 Å². The number of rotatable bonds is 4. The van der Waals surface area contributed by atoms with Crippen molar-refractivity contribution in [1.29, 1.82) is 0 Å². The molecule has 0 atom stereocenters. The van der Waals surface area contributed by atoms with Crippen molar-refractivity contribution in [2.45, 2.75) is 11.9 Å². The quantitative estimate of drug-likeness (QED) is 0.424. The summed E-state index contributed by atoms with van der Waals surface area (Å²) in [5, 5.41) is 1.73. The summed E-state index contributed by atoms with van der Waals surface area (Å²) < 4.78 is 9.09. The third-order valence-electron chi connectivity index (χ3n) is 3.31. The molecule has 0 amide bonds. The third kappa shape index (κ3) is 7.79. The van der Waals surface area contributed by atoms with Crippen molar-refractivity contribution in [3.8, 4) is 0 Å². The number of halogens is 4. The van der Waals surface area contributed by atoms with Gasteiger partial charge in [-0.15, -0.1) is 17.0 Å². The summed E-state index contributed by atoms with van der Waals surface area (Å²) in [5.41, 5.74) is 8.08. The Morgan fingerprint density at radius 2 is 1.33 bits per heavy atom. The molecule has 0 heterocycles. The van der Waals surface area contributed by atoms with E-state index in [4.69, 9.17) is 28.9 Å². The predicted molar refractivity (Wildman–Crippen MR) is 116 cm³/mol. The SMILES string of the molecule is Br.COC(=O)c1ccc(CBr)c(Cl)c1.COC(=O)c1ccc(CN)c(Cl)c1. The Balaban J connectivity index is 0.000000483. The standard InChI is InChI=1S/C9H8BrClO2.C9H10ClNO2.BrH/c1-13-9(12)6-2-3-7(5-10)8(11)4-6;1-13-9(12)6-2-3-7(5-11)8(10)4-6;/h2-4H,5H2,1H3;2-4H,5,11H2,1H3;1H. The Morgan fingerprint density at radius 1 is 0.926 bits per heavy atom. The highest BCUT2D eigenvalue weighted by Crippen LogP contribution is 2.20. The number of nitrogens with two attached hydrogens (primary N) is 1. The van der Waals surface area contributed by atoms with Crippen LogP contribution in [-0.4, -0.2) is 26.2 Å². The van der Waals surface area contributed by atoms with Gasteiger partial charge in [0.25, 0.3) is 0 Å². The van der Waals surface area contributed by atoms with E-state index in [-0.39, 0.29) is 23.0 Å². The van der Waals surface area contributed by atoms with Gasteiger partial charge in [-0.25, -0.2) is 9.59 Å². The summed E-state index contributed by atoms with van der Waals surface area (Å²) in [5.74, 6) is -0.770. The number of ether oxygens (including phenoxy) is 2. The molecule has 9 heteroatoms. The van der Waals surface area contributed by atoms with E-state index in [0.29, 0.717) is 33.0 Å². The number of carbonyl (C=O) groups is 2. The topological polar surface area (TPSA) is 78.6 Å². The van der Waals surface area contributed by atoms with Gasteiger partial charge in [0.05, 0.1) is 25.3 Å². The van der Waals surface area contributed by atoms with Gasteiger partial charge in [0.1, 0.15) is 0 Å². The smallest absolute Gasteiger partial charge is 0.337 e. The van der Waals surface area contributed by atoms with Gasteiger partial charge < -0.3 is 15.2 Å². The number of carbonyl (C=O) groups excluding carboxylic acids is 2. The fraction of sp³-hybridized carbons (Fsp3) is 0.222. The molecule has 0 saturated heterocycles. The first-order valence-corrected chi connectivity index (χ1v) is 9.25. The van der Waals surface area contributed by atoms with E-state index >= 15 is 0 Å². The van der Waals surface area contributed by atoms with Crippen LogP contribution in [0.1, 0.15) is 31.8 Å². The highest BCUT2D eigenvalue weighted by Gasteiger charge is 2.08. The minimum atomic E-state index is -0.398. The van der Waals surface area contributed by atoms with Crippen molar-refractivity contribution in [3.63, 3.8) is 0 Å². The van der Waals surface area contributed by atoms with Gasteiger partial charge >= 0.3 is 11.9 Å². The molecule has 2 rings (SSSR count). The lowest BCUT2D eigenvalue weighted by Gasteiger charge is -2.03. The summed E-state index contributed by atoms with van der Waals surface area (Å²) in [7, 11) is 2.67.